The summed E-state index contributed by atoms with van der Waals surface area (Å²) in [4.78, 5) is 5.48. The van der Waals surface area contributed by atoms with Crippen LogP contribution >= 0.6 is 0 Å². The lowest BCUT2D eigenvalue weighted by atomic mass is 9.33. The fourth-order valence-electron chi connectivity index (χ4n) is 17.1. The number of hydrogen-bond acceptors (Lipinski definition) is 2. The molecular formula is C98H79BN4. The lowest BCUT2D eigenvalue weighted by Gasteiger charge is -2.47. The Morgan fingerprint density at radius 1 is 0.252 bits per heavy atom. The van der Waals surface area contributed by atoms with Crippen molar-refractivity contribution >= 4 is 122 Å². The Morgan fingerprint density at radius 3 is 0.913 bits per heavy atom. The summed E-state index contributed by atoms with van der Waals surface area (Å²) in [5.74, 6) is 0. The van der Waals surface area contributed by atoms with Gasteiger partial charge in [0.25, 0.3) is 6.71 Å². The van der Waals surface area contributed by atoms with Crippen LogP contribution in [0.15, 0.2) is 315 Å². The predicted molar refractivity (Wildman–Crippen MR) is 442 cm³/mol. The highest BCUT2D eigenvalue weighted by atomic mass is 15.2. The summed E-state index contributed by atoms with van der Waals surface area (Å²) in [6, 6.07) is 120. The van der Waals surface area contributed by atoms with Gasteiger partial charge in [-0.3, -0.25) is 0 Å². The van der Waals surface area contributed by atoms with E-state index in [4.69, 9.17) is 0 Å². The van der Waals surface area contributed by atoms with Gasteiger partial charge in [-0.15, -0.1) is 0 Å². The molecule has 0 spiro atoms. The van der Waals surface area contributed by atoms with Crippen molar-refractivity contribution in [1.82, 2.24) is 9.13 Å². The highest BCUT2D eigenvalue weighted by molar-refractivity contribution is 7.00. The molecule has 0 fully saturated rings. The Hall–Kier alpha value is -11.9. The molecule has 0 radical (unpaired) electrons. The van der Waals surface area contributed by atoms with Crippen molar-refractivity contribution in [3.05, 3.63) is 332 Å². The fraction of sp³-hybridized carbons (Fsp3) is 0.122. The molecule has 0 atom stereocenters. The van der Waals surface area contributed by atoms with Gasteiger partial charge < -0.3 is 18.9 Å². The number of aromatic nitrogens is 2. The summed E-state index contributed by atoms with van der Waals surface area (Å²) in [5, 5.41) is 9.79. The molecule has 0 amide bonds. The van der Waals surface area contributed by atoms with Crippen LogP contribution < -0.4 is 26.2 Å². The van der Waals surface area contributed by atoms with Crippen molar-refractivity contribution in [3.63, 3.8) is 0 Å². The molecule has 2 aliphatic heterocycles. The summed E-state index contributed by atoms with van der Waals surface area (Å²) in [7, 11) is 0. The number of nitrogens with zero attached hydrogens (tertiary/aromatic N) is 4. The topological polar surface area (TPSA) is 16.3 Å². The van der Waals surface area contributed by atoms with Crippen LogP contribution in [0.2, 0.25) is 0 Å². The number of anilines is 6. The van der Waals surface area contributed by atoms with Crippen LogP contribution in [0.3, 0.4) is 0 Å². The molecule has 17 aromatic rings. The lowest BCUT2D eigenvalue weighted by molar-refractivity contribution is 0.590. The minimum atomic E-state index is -0.335. The Balaban J connectivity index is 1.01. The molecule has 19 rings (SSSR count). The fourth-order valence-corrected chi connectivity index (χ4v) is 17.1. The van der Waals surface area contributed by atoms with Crippen LogP contribution in [0.1, 0.15) is 79.0 Å². The highest BCUT2D eigenvalue weighted by Crippen LogP contribution is 2.56. The van der Waals surface area contributed by atoms with E-state index in [9.17, 15) is 0 Å². The minimum absolute atomic E-state index is 0.195. The minimum Gasteiger partial charge on any atom is -0.310 e. The van der Waals surface area contributed by atoms with Gasteiger partial charge in [0.15, 0.2) is 0 Å². The van der Waals surface area contributed by atoms with Gasteiger partial charge in [0, 0.05) is 88.7 Å². The maximum atomic E-state index is 2.74. The highest BCUT2D eigenvalue weighted by Gasteiger charge is 2.47. The van der Waals surface area contributed by atoms with Crippen molar-refractivity contribution in [3.8, 4) is 55.9 Å². The third-order valence-electron chi connectivity index (χ3n) is 22.3. The van der Waals surface area contributed by atoms with Crippen molar-refractivity contribution in [1.29, 1.82) is 0 Å². The first-order valence-electron chi connectivity index (χ1n) is 36.5. The van der Waals surface area contributed by atoms with E-state index in [-0.39, 0.29) is 23.0 Å². The monoisotopic (exact) mass is 1320 g/mol. The molecule has 0 unspecified atom stereocenters. The van der Waals surface area contributed by atoms with Gasteiger partial charge in [-0.25, -0.2) is 0 Å². The van der Waals surface area contributed by atoms with E-state index < -0.39 is 0 Å². The number of para-hydroxylation sites is 2. The third-order valence-corrected chi connectivity index (χ3v) is 22.3. The summed E-state index contributed by atoms with van der Waals surface area (Å²) < 4.78 is 5.12. The second-order valence-corrected chi connectivity index (χ2v) is 31.6. The molecule has 2 aliphatic rings. The second kappa shape index (κ2) is 23.3. The first-order chi connectivity index (χ1) is 50.0. The lowest BCUT2D eigenvalue weighted by Crippen LogP contribution is -2.61. The van der Waals surface area contributed by atoms with Gasteiger partial charge in [0.2, 0.25) is 0 Å². The van der Waals surface area contributed by atoms with E-state index in [1.54, 1.807) is 0 Å². The van der Waals surface area contributed by atoms with Crippen LogP contribution in [0.4, 0.5) is 34.1 Å². The molecule has 4 nitrogen and oxygen atoms in total. The Kier molecular flexibility index (Phi) is 14.1. The first-order valence-corrected chi connectivity index (χ1v) is 36.5. The van der Waals surface area contributed by atoms with Gasteiger partial charge in [-0.2, -0.15) is 0 Å². The summed E-state index contributed by atoms with van der Waals surface area (Å²) in [6.07, 6.45) is 0. The zero-order valence-corrected chi connectivity index (χ0v) is 59.9. The molecule has 5 heteroatoms. The van der Waals surface area contributed by atoms with Crippen LogP contribution in [0.25, 0.3) is 121 Å². The molecule has 0 saturated heterocycles. The number of fused-ring (bicyclic) bond motifs is 14. The summed E-state index contributed by atoms with van der Waals surface area (Å²) in [6.45, 7) is 21.1. The van der Waals surface area contributed by atoms with Crippen molar-refractivity contribution < 1.29 is 0 Å². The maximum Gasteiger partial charge on any atom is 0.252 e. The Morgan fingerprint density at radius 2 is 0.563 bits per heavy atom. The molecule has 4 heterocycles. The first kappa shape index (κ1) is 62.1. The molecule has 494 valence electrons. The Labute approximate surface area is 604 Å². The van der Waals surface area contributed by atoms with Gasteiger partial charge in [0.05, 0.1) is 33.4 Å². The number of hydrogen-bond donors (Lipinski definition) is 0. The third kappa shape index (κ3) is 9.87. The quantitative estimate of drug-likeness (QED) is 0.141. The van der Waals surface area contributed by atoms with Crippen LogP contribution in [-0.2, 0) is 16.2 Å². The molecule has 15 aromatic carbocycles. The predicted octanol–water partition coefficient (Wildman–Crippen LogP) is 24.8. The van der Waals surface area contributed by atoms with Crippen LogP contribution in [0.5, 0.6) is 0 Å². The molecule has 0 saturated carbocycles. The van der Waals surface area contributed by atoms with Crippen LogP contribution in [-0.4, -0.2) is 15.8 Å². The molecule has 0 aliphatic carbocycles. The van der Waals surface area contributed by atoms with Crippen molar-refractivity contribution in [2.75, 3.05) is 9.80 Å². The molecule has 0 bridgehead atoms. The van der Waals surface area contributed by atoms with Crippen LogP contribution in [0, 0.1) is 0 Å². The Bertz CT molecular complexity index is 5800. The number of benzene rings is 15. The van der Waals surface area contributed by atoms with E-state index in [0.717, 1.165) is 67.8 Å². The average molecular weight is 1320 g/mol. The molecule has 103 heavy (non-hydrogen) atoms. The normalized spacial score (nSPS) is 13.0. The summed E-state index contributed by atoms with van der Waals surface area (Å²) >= 11 is 0. The van der Waals surface area contributed by atoms with Crippen molar-refractivity contribution in [2.24, 2.45) is 0 Å². The smallest absolute Gasteiger partial charge is 0.252 e. The summed E-state index contributed by atoms with van der Waals surface area (Å²) in [5.41, 5.74) is 29.9. The van der Waals surface area contributed by atoms with Gasteiger partial charge in [-0.05, 0) is 155 Å². The standard InChI is InChI=1S/C98H79BN4/c1-96(2,3)68-54-79(62-30-14-10-15-31-62)94(80(55-68)63-32-16-11-17-33-63)102-87-60-71(100-85-44-28-26-42-75(85)77-50-46-66-38-22-24-40-73(66)92(77)100)48-52-83(87)99-84-53-49-72(101-86-45-29-27-43-76(86)78-51-47-67-39-23-25-41-74(67)93(78)101)61-88(84)103(90-59-70(98(7,8)9)58-89(102)91(90)99)95-81(64-34-18-12-19-35-64)56-69(97(4,5)6)57-82(95)65-36-20-13-21-37-65/h10-61H,1-9H3. The maximum absolute atomic E-state index is 2.74. The molecule has 0 N–H and O–H groups in total. The van der Waals surface area contributed by atoms with Gasteiger partial charge >= 0.3 is 0 Å². The van der Waals surface area contributed by atoms with Crippen molar-refractivity contribution in [2.45, 2.75) is 78.6 Å². The van der Waals surface area contributed by atoms with E-state index in [1.165, 1.54) is 120 Å². The van der Waals surface area contributed by atoms with E-state index in [2.05, 4.69) is 397 Å². The van der Waals surface area contributed by atoms with E-state index in [1.807, 2.05) is 0 Å². The van der Waals surface area contributed by atoms with E-state index >= 15 is 0 Å². The largest absolute Gasteiger partial charge is 0.310 e. The average Bonchev–Trinajstić information content (AvgIpc) is 1.55. The molecule has 2 aromatic heterocycles. The van der Waals surface area contributed by atoms with Gasteiger partial charge in [0.1, 0.15) is 0 Å². The zero-order chi connectivity index (χ0) is 69.8. The number of rotatable bonds is 8. The van der Waals surface area contributed by atoms with Gasteiger partial charge in [-0.1, -0.05) is 305 Å². The SMILES string of the molecule is CC(C)(C)c1cc(-c2ccccc2)c(N2c3cc(-n4c5ccccc5c5ccc6ccccc6c54)ccc3B3c4ccc(-n5c6ccccc6c6ccc7ccccc7c65)cc4N(c4c(-c5ccccc5)cc(C(C)(C)C)cc4-c4ccccc4)c4cc(C(C)(C)C)cc2c43)c(-c2ccccc2)c1. The van der Waals surface area contributed by atoms with E-state index in [0.29, 0.717) is 0 Å². The zero-order valence-electron chi connectivity index (χ0n) is 59.9. The molecular weight excluding hydrogens is 1240 g/mol. The second-order valence-electron chi connectivity index (χ2n) is 31.6.